The quantitative estimate of drug-likeness (QED) is 0.511. The number of rotatable bonds is 8. The zero-order chi connectivity index (χ0) is 22.6. The summed E-state index contributed by atoms with van der Waals surface area (Å²) in [6.07, 6.45) is 4.08. The number of alkyl halides is 2. The summed E-state index contributed by atoms with van der Waals surface area (Å²) in [6.45, 7) is 5.02. The molecule has 0 aliphatic rings. The summed E-state index contributed by atoms with van der Waals surface area (Å²) in [6, 6.07) is 7.33. The van der Waals surface area contributed by atoms with Crippen molar-refractivity contribution in [1.82, 2.24) is 24.9 Å². The maximum Gasteiger partial charge on any atom is 0.272 e. The maximum absolute atomic E-state index is 13.3. The molecule has 1 aromatic carbocycles. The number of hydrogen-bond acceptors (Lipinski definition) is 5. The fourth-order valence-corrected chi connectivity index (χ4v) is 3.30. The minimum Gasteiger partial charge on any atom is -0.475 e. The first-order valence-electron chi connectivity index (χ1n) is 9.65. The van der Waals surface area contributed by atoms with Gasteiger partial charge in [0.1, 0.15) is 12.3 Å². The van der Waals surface area contributed by atoms with Crippen LogP contribution in [0.1, 0.15) is 36.7 Å². The third-order valence-electron chi connectivity index (χ3n) is 4.69. The van der Waals surface area contributed by atoms with Gasteiger partial charge in [-0.25, -0.2) is 13.8 Å². The van der Waals surface area contributed by atoms with E-state index >= 15 is 0 Å². The molecule has 0 saturated heterocycles. The van der Waals surface area contributed by atoms with Crippen LogP contribution in [0, 0.1) is 0 Å². The number of likely N-dealkylation sites (N-methyl/N-ethyl adjacent to an activating group) is 1. The number of para-hydroxylation sites is 1. The van der Waals surface area contributed by atoms with E-state index in [1.54, 1.807) is 23.1 Å². The van der Waals surface area contributed by atoms with Gasteiger partial charge in [-0.05, 0) is 32.0 Å². The molecule has 0 N–H and O–H groups in total. The SMILES string of the molecule is CCN(C(=O)c1cccc(Cl)c1-n1nccn1)[C@@H](C)COc1ccc(C(C)(F)F)cn1. The van der Waals surface area contributed by atoms with E-state index in [-0.39, 0.29) is 30.0 Å². The molecule has 0 bridgehead atoms. The predicted octanol–water partition coefficient (Wildman–Crippen LogP) is 4.36. The van der Waals surface area contributed by atoms with Crippen LogP contribution < -0.4 is 4.74 Å². The van der Waals surface area contributed by atoms with Gasteiger partial charge in [-0.1, -0.05) is 17.7 Å². The predicted molar refractivity (Wildman–Crippen MR) is 112 cm³/mol. The van der Waals surface area contributed by atoms with E-state index in [1.807, 2.05) is 13.8 Å². The second-order valence-electron chi connectivity index (χ2n) is 6.98. The Balaban J connectivity index is 1.75. The van der Waals surface area contributed by atoms with Gasteiger partial charge >= 0.3 is 0 Å². The first kappa shape index (κ1) is 22.6. The van der Waals surface area contributed by atoms with Crippen molar-refractivity contribution in [3.05, 3.63) is 65.1 Å². The van der Waals surface area contributed by atoms with Crippen LogP contribution in [0.3, 0.4) is 0 Å². The molecule has 0 aliphatic carbocycles. The lowest BCUT2D eigenvalue weighted by atomic mass is 10.1. The number of aromatic nitrogens is 4. The summed E-state index contributed by atoms with van der Waals surface area (Å²) in [5, 5.41) is 8.52. The molecular weight excluding hydrogens is 428 g/mol. The average Bonchev–Trinajstić information content (AvgIpc) is 3.26. The number of ether oxygens (including phenoxy) is 1. The summed E-state index contributed by atoms with van der Waals surface area (Å²) >= 11 is 6.32. The molecule has 1 atom stereocenters. The summed E-state index contributed by atoms with van der Waals surface area (Å²) in [5.41, 5.74) is 0.549. The molecule has 0 spiro atoms. The molecule has 0 aliphatic heterocycles. The van der Waals surface area contributed by atoms with E-state index in [1.165, 1.54) is 29.3 Å². The first-order chi connectivity index (χ1) is 14.7. The highest BCUT2D eigenvalue weighted by molar-refractivity contribution is 6.33. The van der Waals surface area contributed by atoms with Crippen molar-refractivity contribution in [1.29, 1.82) is 0 Å². The smallest absolute Gasteiger partial charge is 0.272 e. The Bertz CT molecular complexity index is 1020. The van der Waals surface area contributed by atoms with Gasteiger partial charge in [-0.2, -0.15) is 10.2 Å². The highest BCUT2D eigenvalue weighted by Crippen LogP contribution is 2.27. The van der Waals surface area contributed by atoms with E-state index < -0.39 is 5.92 Å². The Morgan fingerprint density at radius 2 is 1.97 bits per heavy atom. The average molecular weight is 450 g/mol. The minimum atomic E-state index is -2.97. The van der Waals surface area contributed by atoms with E-state index in [0.717, 1.165) is 13.1 Å². The molecule has 31 heavy (non-hydrogen) atoms. The molecule has 2 heterocycles. The monoisotopic (exact) mass is 449 g/mol. The zero-order valence-electron chi connectivity index (χ0n) is 17.3. The normalized spacial score (nSPS) is 12.5. The Morgan fingerprint density at radius 1 is 1.26 bits per heavy atom. The van der Waals surface area contributed by atoms with Crippen LogP contribution in [0.2, 0.25) is 5.02 Å². The lowest BCUT2D eigenvalue weighted by molar-refractivity contribution is 0.0169. The molecule has 164 valence electrons. The standard InChI is InChI=1S/C21H22ClF2N5O2/c1-4-28(14(2)13-31-18-9-8-15(12-25-18)21(3,23)24)20(30)16-6-5-7-17(22)19(16)29-26-10-11-27-29/h5-12,14H,4,13H2,1-3H3/t14-/m0/s1. The number of carbonyl (C=O) groups excluding carboxylic acids is 1. The Labute approximate surface area is 183 Å². The third kappa shape index (κ3) is 5.16. The largest absolute Gasteiger partial charge is 0.475 e. The molecule has 3 aromatic rings. The number of hydrogen-bond donors (Lipinski definition) is 0. The number of amides is 1. The third-order valence-corrected chi connectivity index (χ3v) is 4.99. The molecule has 1 amide bonds. The number of halogens is 3. The number of carbonyl (C=O) groups is 1. The summed E-state index contributed by atoms with van der Waals surface area (Å²) < 4.78 is 32.3. The van der Waals surface area contributed by atoms with Gasteiger partial charge in [0.2, 0.25) is 5.88 Å². The van der Waals surface area contributed by atoms with Crippen LogP contribution in [0.15, 0.2) is 48.9 Å². The van der Waals surface area contributed by atoms with Crippen LogP contribution in [0.4, 0.5) is 8.78 Å². The molecule has 7 nitrogen and oxygen atoms in total. The van der Waals surface area contributed by atoms with Crippen molar-refractivity contribution in [3.8, 4) is 11.6 Å². The highest BCUT2D eigenvalue weighted by Gasteiger charge is 2.26. The molecule has 2 aromatic heterocycles. The molecule has 0 fully saturated rings. The van der Waals surface area contributed by atoms with Crippen LogP contribution in [0.25, 0.3) is 5.69 Å². The second kappa shape index (κ2) is 9.38. The number of pyridine rings is 1. The molecule has 0 unspecified atom stereocenters. The van der Waals surface area contributed by atoms with Gasteiger partial charge in [0.15, 0.2) is 0 Å². The topological polar surface area (TPSA) is 73.1 Å². The van der Waals surface area contributed by atoms with E-state index in [4.69, 9.17) is 16.3 Å². The molecular formula is C21H22ClF2N5O2. The van der Waals surface area contributed by atoms with Crippen molar-refractivity contribution in [2.75, 3.05) is 13.2 Å². The number of benzene rings is 1. The van der Waals surface area contributed by atoms with Gasteiger partial charge in [-0.3, -0.25) is 4.79 Å². The summed E-state index contributed by atoms with van der Waals surface area (Å²) in [4.78, 5) is 20.1. The van der Waals surface area contributed by atoms with Crippen molar-refractivity contribution < 1.29 is 18.3 Å². The summed E-state index contributed by atoms with van der Waals surface area (Å²) in [7, 11) is 0. The molecule has 0 saturated carbocycles. The maximum atomic E-state index is 13.3. The Morgan fingerprint density at radius 3 is 2.55 bits per heavy atom. The fourth-order valence-electron chi connectivity index (χ4n) is 3.05. The Hall–Kier alpha value is -3.07. The van der Waals surface area contributed by atoms with Crippen LogP contribution in [-0.4, -0.2) is 50.0 Å². The zero-order valence-corrected chi connectivity index (χ0v) is 18.1. The second-order valence-corrected chi connectivity index (χ2v) is 7.39. The van der Waals surface area contributed by atoms with E-state index in [0.29, 0.717) is 22.8 Å². The number of nitrogens with zero attached hydrogens (tertiary/aromatic N) is 5. The van der Waals surface area contributed by atoms with Crippen molar-refractivity contribution in [2.45, 2.75) is 32.7 Å². The van der Waals surface area contributed by atoms with Gasteiger partial charge < -0.3 is 9.64 Å². The van der Waals surface area contributed by atoms with Gasteiger partial charge in [0.05, 0.1) is 29.0 Å². The van der Waals surface area contributed by atoms with E-state index in [9.17, 15) is 13.6 Å². The van der Waals surface area contributed by atoms with Gasteiger partial charge in [0.25, 0.3) is 11.8 Å². The first-order valence-corrected chi connectivity index (χ1v) is 10.0. The van der Waals surface area contributed by atoms with Crippen molar-refractivity contribution >= 4 is 17.5 Å². The van der Waals surface area contributed by atoms with Crippen LogP contribution in [-0.2, 0) is 5.92 Å². The fraction of sp³-hybridized carbons (Fsp3) is 0.333. The molecule has 3 rings (SSSR count). The van der Waals surface area contributed by atoms with Crippen molar-refractivity contribution in [3.63, 3.8) is 0 Å². The van der Waals surface area contributed by atoms with E-state index in [2.05, 4.69) is 15.2 Å². The lowest BCUT2D eigenvalue weighted by Crippen LogP contribution is -2.42. The van der Waals surface area contributed by atoms with Crippen LogP contribution >= 0.6 is 11.6 Å². The van der Waals surface area contributed by atoms with Crippen LogP contribution in [0.5, 0.6) is 5.88 Å². The summed E-state index contributed by atoms with van der Waals surface area (Å²) in [5.74, 6) is -3.03. The molecule has 0 radical (unpaired) electrons. The highest BCUT2D eigenvalue weighted by atomic mass is 35.5. The van der Waals surface area contributed by atoms with Gasteiger partial charge in [0, 0.05) is 31.3 Å². The Kier molecular flexibility index (Phi) is 6.84. The van der Waals surface area contributed by atoms with Crippen molar-refractivity contribution in [2.24, 2.45) is 0 Å². The lowest BCUT2D eigenvalue weighted by Gasteiger charge is -2.28. The van der Waals surface area contributed by atoms with Gasteiger partial charge in [-0.15, -0.1) is 4.80 Å². The molecule has 10 heteroatoms. The minimum absolute atomic E-state index is 0.129.